The fourth-order valence-corrected chi connectivity index (χ4v) is 6.11. The summed E-state index contributed by atoms with van der Waals surface area (Å²) in [5, 5.41) is 2.77. The van der Waals surface area contributed by atoms with Crippen molar-refractivity contribution < 1.29 is 35.9 Å². The van der Waals surface area contributed by atoms with Crippen LogP contribution in [0, 0.1) is 11.8 Å². The number of alkyl halides is 3. The number of carbonyl (C=O) groups is 1. The van der Waals surface area contributed by atoms with Gasteiger partial charge in [0.05, 0.1) is 10.8 Å². The molecule has 2 unspecified atom stereocenters. The lowest BCUT2D eigenvalue weighted by Gasteiger charge is -2.34. The fraction of sp³-hybridized carbons (Fsp3) is 0.667. The van der Waals surface area contributed by atoms with Gasteiger partial charge in [-0.15, -0.1) is 0 Å². The Hall–Kier alpha value is -2.01. The van der Waals surface area contributed by atoms with Gasteiger partial charge in [0, 0.05) is 31.1 Å². The van der Waals surface area contributed by atoms with Crippen molar-refractivity contribution in [3.05, 3.63) is 18.2 Å². The van der Waals surface area contributed by atoms with Crippen LogP contribution in [0.15, 0.2) is 23.1 Å². The lowest BCUT2D eigenvalue weighted by atomic mass is 9.84. The Balaban J connectivity index is 1.33. The molecule has 178 valence electrons. The number of sulfonamides is 1. The Labute approximate surface area is 185 Å². The van der Waals surface area contributed by atoms with Gasteiger partial charge in [0.2, 0.25) is 15.9 Å². The van der Waals surface area contributed by atoms with Crippen molar-refractivity contribution in [2.24, 2.45) is 11.8 Å². The summed E-state index contributed by atoms with van der Waals surface area (Å²) >= 11 is 0. The second kappa shape index (κ2) is 9.09. The van der Waals surface area contributed by atoms with Gasteiger partial charge in [0.1, 0.15) is 13.2 Å². The molecule has 4 rings (SSSR count). The van der Waals surface area contributed by atoms with Crippen LogP contribution in [0.25, 0.3) is 0 Å². The zero-order valence-electron chi connectivity index (χ0n) is 17.6. The molecule has 0 bridgehead atoms. The van der Waals surface area contributed by atoms with Crippen molar-refractivity contribution in [2.75, 3.05) is 26.3 Å². The summed E-state index contributed by atoms with van der Waals surface area (Å²) in [5.74, 6) is -1.18. The summed E-state index contributed by atoms with van der Waals surface area (Å²) in [4.78, 5) is 12.7. The molecule has 11 heteroatoms. The van der Waals surface area contributed by atoms with Gasteiger partial charge < -0.3 is 14.8 Å². The Morgan fingerprint density at radius 3 is 2.41 bits per heavy atom. The highest BCUT2D eigenvalue weighted by molar-refractivity contribution is 7.89. The van der Waals surface area contributed by atoms with Crippen LogP contribution >= 0.6 is 0 Å². The van der Waals surface area contributed by atoms with Gasteiger partial charge >= 0.3 is 6.18 Å². The summed E-state index contributed by atoms with van der Waals surface area (Å²) in [7, 11) is -3.75. The molecule has 1 aliphatic carbocycles. The Morgan fingerprint density at radius 1 is 1.03 bits per heavy atom. The van der Waals surface area contributed by atoms with E-state index < -0.39 is 34.1 Å². The third-order valence-electron chi connectivity index (χ3n) is 6.46. The van der Waals surface area contributed by atoms with E-state index in [2.05, 4.69) is 5.32 Å². The van der Waals surface area contributed by atoms with E-state index in [0.29, 0.717) is 50.4 Å². The number of fused-ring (bicyclic) bond motifs is 1. The molecule has 2 heterocycles. The van der Waals surface area contributed by atoms with Gasteiger partial charge in [-0.1, -0.05) is 6.42 Å². The molecule has 1 amide bonds. The Kier molecular flexibility index (Phi) is 6.58. The van der Waals surface area contributed by atoms with E-state index >= 15 is 0 Å². The van der Waals surface area contributed by atoms with Crippen LogP contribution in [0.3, 0.4) is 0 Å². The molecule has 3 aliphatic rings. The van der Waals surface area contributed by atoms with Crippen LogP contribution < -0.4 is 14.8 Å². The lowest BCUT2D eigenvalue weighted by Crippen LogP contribution is -2.47. The summed E-state index contributed by atoms with van der Waals surface area (Å²) in [6.07, 6.45) is -2.61. The molecule has 1 aromatic rings. The molecule has 2 atom stereocenters. The molecule has 0 aromatic heterocycles. The zero-order chi connectivity index (χ0) is 22.9. The number of nitrogens with zero attached hydrogens (tertiary/aromatic N) is 1. The number of piperidine rings is 1. The summed E-state index contributed by atoms with van der Waals surface area (Å²) in [6, 6.07) is 4.01. The van der Waals surface area contributed by atoms with Gasteiger partial charge in [0.25, 0.3) is 0 Å². The van der Waals surface area contributed by atoms with Crippen LogP contribution in [-0.2, 0) is 14.8 Å². The molecule has 0 spiro atoms. The van der Waals surface area contributed by atoms with Gasteiger partial charge in [-0.2, -0.15) is 17.5 Å². The van der Waals surface area contributed by atoms with E-state index in [1.807, 2.05) is 0 Å². The van der Waals surface area contributed by atoms with Crippen LogP contribution in [-0.4, -0.2) is 57.2 Å². The highest BCUT2D eigenvalue weighted by atomic mass is 32.2. The predicted octanol–water partition coefficient (Wildman–Crippen LogP) is 3.10. The van der Waals surface area contributed by atoms with Crippen LogP contribution in [0.1, 0.15) is 38.5 Å². The quantitative estimate of drug-likeness (QED) is 0.722. The molecular formula is C21H27F3N2O5S. The number of halogens is 3. The summed E-state index contributed by atoms with van der Waals surface area (Å²) in [5.41, 5.74) is 0. The van der Waals surface area contributed by atoms with E-state index in [1.165, 1.54) is 16.4 Å². The minimum Gasteiger partial charge on any atom is -0.486 e. The lowest BCUT2D eigenvalue weighted by molar-refractivity contribution is -0.184. The maximum Gasteiger partial charge on any atom is 0.391 e. The second-order valence-corrected chi connectivity index (χ2v) is 10.5. The topological polar surface area (TPSA) is 84.9 Å². The maximum absolute atomic E-state index is 13.0. The normalized spacial score (nSPS) is 25.3. The number of rotatable bonds is 4. The van der Waals surface area contributed by atoms with Crippen LogP contribution in [0.4, 0.5) is 13.2 Å². The highest BCUT2D eigenvalue weighted by Crippen LogP contribution is 2.38. The third kappa shape index (κ3) is 4.98. The number of ether oxygens (including phenoxy) is 2. The Morgan fingerprint density at radius 2 is 1.72 bits per heavy atom. The number of benzene rings is 1. The summed E-state index contributed by atoms with van der Waals surface area (Å²) in [6.45, 7) is 1.10. The van der Waals surface area contributed by atoms with E-state index in [1.54, 1.807) is 6.07 Å². The predicted molar refractivity (Wildman–Crippen MR) is 109 cm³/mol. The highest BCUT2D eigenvalue weighted by Gasteiger charge is 2.43. The number of hydrogen-bond acceptors (Lipinski definition) is 5. The van der Waals surface area contributed by atoms with E-state index in [4.69, 9.17) is 9.47 Å². The van der Waals surface area contributed by atoms with Crippen molar-refractivity contribution in [3.8, 4) is 11.5 Å². The van der Waals surface area contributed by atoms with Crippen molar-refractivity contribution in [2.45, 2.75) is 55.6 Å². The van der Waals surface area contributed by atoms with Crippen molar-refractivity contribution in [3.63, 3.8) is 0 Å². The van der Waals surface area contributed by atoms with Crippen molar-refractivity contribution in [1.29, 1.82) is 0 Å². The third-order valence-corrected chi connectivity index (χ3v) is 8.35. The second-order valence-electron chi connectivity index (χ2n) is 8.59. The average molecular weight is 477 g/mol. The van der Waals surface area contributed by atoms with Crippen LogP contribution in [0.5, 0.6) is 11.5 Å². The molecule has 2 aliphatic heterocycles. The first-order valence-electron chi connectivity index (χ1n) is 10.9. The fourth-order valence-electron chi connectivity index (χ4n) is 4.63. The molecule has 0 radical (unpaired) electrons. The number of hydrogen-bond donors (Lipinski definition) is 1. The molecule has 7 nitrogen and oxygen atoms in total. The number of amides is 1. The van der Waals surface area contributed by atoms with Gasteiger partial charge in [-0.25, -0.2) is 8.42 Å². The monoisotopic (exact) mass is 476 g/mol. The van der Waals surface area contributed by atoms with E-state index in [9.17, 15) is 26.4 Å². The van der Waals surface area contributed by atoms with E-state index in [0.717, 1.165) is 0 Å². The van der Waals surface area contributed by atoms with Gasteiger partial charge in [0.15, 0.2) is 11.5 Å². The first-order valence-corrected chi connectivity index (χ1v) is 12.4. The standard InChI is InChI=1S/C21H27F3N2O5S/c22-21(23,24)15-2-1-3-16(12-15)25-20(27)14-6-8-26(9-7-14)32(28,29)17-4-5-18-19(13-17)31-11-10-30-18/h4-5,13-16H,1-3,6-12H2,(H,25,27). The SMILES string of the molecule is O=C(NC1CCCC(C(F)(F)F)C1)C1CCN(S(=O)(=O)c2ccc3c(c2)OCCO3)CC1. The molecule has 1 saturated carbocycles. The van der Waals surface area contributed by atoms with E-state index in [-0.39, 0.29) is 36.7 Å². The average Bonchev–Trinajstić information content (AvgIpc) is 2.78. The minimum absolute atomic E-state index is 0.0907. The summed E-state index contributed by atoms with van der Waals surface area (Å²) < 4.78 is 77.3. The van der Waals surface area contributed by atoms with Crippen LogP contribution in [0.2, 0.25) is 0 Å². The van der Waals surface area contributed by atoms with Crippen molar-refractivity contribution >= 4 is 15.9 Å². The zero-order valence-corrected chi connectivity index (χ0v) is 18.4. The molecule has 1 saturated heterocycles. The maximum atomic E-state index is 13.0. The molecule has 1 aromatic carbocycles. The molecule has 1 N–H and O–H groups in total. The van der Waals surface area contributed by atoms with Crippen molar-refractivity contribution in [1.82, 2.24) is 9.62 Å². The molecule has 2 fully saturated rings. The number of nitrogens with one attached hydrogen (secondary N) is 1. The Bertz CT molecular complexity index is 945. The number of carbonyl (C=O) groups excluding carboxylic acids is 1. The minimum atomic E-state index is -4.24. The smallest absolute Gasteiger partial charge is 0.391 e. The van der Waals surface area contributed by atoms with Gasteiger partial charge in [-0.05, 0) is 44.2 Å². The molecular weight excluding hydrogens is 449 g/mol. The first kappa shape index (κ1) is 23.2. The molecule has 32 heavy (non-hydrogen) atoms. The largest absolute Gasteiger partial charge is 0.486 e. The first-order chi connectivity index (χ1) is 15.1. The van der Waals surface area contributed by atoms with Gasteiger partial charge in [-0.3, -0.25) is 4.79 Å².